The van der Waals surface area contributed by atoms with Gasteiger partial charge in [0.05, 0.1) is 16.5 Å². The summed E-state index contributed by atoms with van der Waals surface area (Å²) in [6.45, 7) is 3.79. The summed E-state index contributed by atoms with van der Waals surface area (Å²) < 4.78 is 26.8. The van der Waals surface area contributed by atoms with Crippen LogP contribution in [-0.2, 0) is 10.0 Å². The van der Waals surface area contributed by atoms with E-state index in [2.05, 4.69) is 4.72 Å². The van der Waals surface area contributed by atoms with Crippen LogP contribution >= 0.6 is 0 Å². The lowest BCUT2D eigenvalue weighted by atomic mass is 10.2. The van der Waals surface area contributed by atoms with Gasteiger partial charge in [-0.15, -0.1) is 0 Å². The minimum atomic E-state index is -3.58. The van der Waals surface area contributed by atoms with Crippen molar-refractivity contribution in [3.05, 3.63) is 29.3 Å². The number of hydrogen-bond acceptors (Lipinski definition) is 4. The molecule has 0 aliphatic rings. The molecule has 0 radical (unpaired) electrons. The van der Waals surface area contributed by atoms with Gasteiger partial charge in [-0.1, -0.05) is 6.92 Å². The van der Waals surface area contributed by atoms with Gasteiger partial charge in [0.15, 0.2) is 0 Å². The standard InChI is InChI=1S/C12H17N3O2S/c1-3-11(8-14)15-18(16,17)12-5-4-10(7-13)6-9(12)2/h4-6,11,15H,3,8,14H2,1-2H3. The summed E-state index contributed by atoms with van der Waals surface area (Å²) in [7, 11) is -3.58. The molecule has 1 rings (SSSR count). The van der Waals surface area contributed by atoms with E-state index < -0.39 is 10.0 Å². The van der Waals surface area contributed by atoms with Crippen molar-refractivity contribution in [1.82, 2.24) is 4.72 Å². The number of nitriles is 1. The van der Waals surface area contributed by atoms with Gasteiger partial charge in [-0.25, -0.2) is 13.1 Å². The molecule has 5 nitrogen and oxygen atoms in total. The first-order chi connectivity index (χ1) is 8.44. The Hall–Kier alpha value is -1.42. The molecule has 0 fully saturated rings. The van der Waals surface area contributed by atoms with Crippen LogP contribution in [0.2, 0.25) is 0 Å². The Balaban J connectivity index is 3.10. The van der Waals surface area contributed by atoms with Gasteiger partial charge in [0, 0.05) is 12.6 Å². The maximum absolute atomic E-state index is 12.1. The van der Waals surface area contributed by atoms with E-state index in [0.717, 1.165) is 0 Å². The second-order valence-corrected chi connectivity index (χ2v) is 5.74. The molecule has 3 N–H and O–H groups in total. The third kappa shape index (κ3) is 3.29. The van der Waals surface area contributed by atoms with E-state index in [1.807, 2.05) is 13.0 Å². The molecular formula is C12H17N3O2S. The summed E-state index contributed by atoms with van der Waals surface area (Å²) in [5, 5.41) is 8.75. The molecule has 0 saturated carbocycles. The minimum Gasteiger partial charge on any atom is -0.329 e. The van der Waals surface area contributed by atoms with Gasteiger partial charge < -0.3 is 5.73 Å². The maximum atomic E-state index is 12.1. The highest BCUT2D eigenvalue weighted by atomic mass is 32.2. The van der Waals surface area contributed by atoms with Crippen LogP contribution in [0.25, 0.3) is 0 Å². The average molecular weight is 267 g/mol. The Morgan fingerprint density at radius 3 is 2.61 bits per heavy atom. The first-order valence-electron chi connectivity index (χ1n) is 5.67. The van der Waals surface area contributed by atoms with Gasteiger partial charge in [0.25, 0.3) is 0 Å². The number of hydrogen-bond donors (Lipinski definition) is 2. The third-order valence-electron chi connectivity index (χ3n) is 2.69. The summed E-state index contributed by atoms with van der Waals surface area (Å²) in [5.41, 5.74) is 6.47. The Morgan fingerprint density at radius 2 is 2.17 bits per heavy atom. The van der Waals surface area contributed by atoms with Crippen molar-refractivity contribution >= 4 is 10.0 Å². The lowest BCUT2D eigenvalue weighted by Gasteiger charge is -2.16. The number of rotatable bonds is 5. The fraction of sp³-hybridized carbons (Fsp3) is 0.417. The predicted molar refractivity (Wildman–Crippen MR) is 69.3 cm³/mol. The lowest BCUT2D eigenvalue weighted by Crippen LogP contribution is -2.39. The van der Waals surface area contributed by atoms with Gasteiger partial charge in [-0.05, 0) is 37.1 Å². The van der Waals surface area contributed by atoms with E-state index in [4.69, 9.17) is 11.0 Å². The monoisotopic (exact) mass is 267 g/mol. The van der Waals surface area contributed by atoms with Crippen LogP contribution in [0.15, 0.2) is 23.1 Å². The van der Waals surface area contributed by atoms with Gasteiger partial charge in [0.2, 0.25) is 10.0 Å². The van der Waals surface area contributed by atoms with Crippen molar-refractivity contribution in [1.29, 1.82) is 5.26 Å². The molecule has 0 aliphatic carbocycles. The van der Waals surface area contributed by atoms with Crippen LogP contribution in [0.1, 0.15) is 24.5 Å². The molecule has 0 spiro atoms. The molecule has 0 amide bonds. The van der Waals surface area contributed by atoms with Crippen molar-refractivity contribution in [2.24, 2.45) is 5.73 Å². The Labute approximate surface area is 108 Å². The largest absolute Gasteiger partial charge is 0.329 e. The Bertz CT molecular complexity index is 557. The Morgan fingerprint density at radius 1 is 1.50 bits per heavy atom. The van der Waals surface area contributed by atoms with Crippen molar-refractivity contribution in [2.45, 2.75) is 31.2 Å². The van der Waals surface area contributed by atoms with E-state index in [0.29, 0.717) is 17.5 Å². The number of sulfonamides is 1. The van der Waals surface area contributed by atoms with E-state index in [1.54, 1.807) is 13.0 Å². The first-order valence-corrected chi connectivity index (χ1v) is 7.16. The summed E-state index contributed by atoms with van der Waals surface area (Å²) >= 11 is 0. The van der Waals surface area contributed by atoms with Crippen LogP contribution in [0.4, 0.5) is 0 Å². The molecule has 1 atom stereocenters. The molecule has 1 aromatic rings. The number of nitrogens with two attached hydrogens (primary N) is 1. The zero-order chi connectivity index (χ0) is 13.8. The normalized spacial score (nSPS) is 13.0. The maximum Gasteiger partial charge on any atom is 0.241 e. The van der Waals surface area contributed by atoms with Crippen LogP contribution < -0.4 is 10.5 Å². The van der Waals surface area contributed by atoms with Crippen LogP contribution in [0, 0.1) is 18.3 Å². The van der Waals surface area contributed by atoms with Crippen LogP contribution in [0.3, 0.4) is 0 Å². The first kappa shape index (κ1) is 14.6. The van der Waals surface area contributed by atoms with Crippen LogP contribution in [-0.4, -0.2) is 21.0 Å². The van der Waals surface area contributed by atoms with Gasteiger partial charge in [0.1, 0.15) is 0 Å². The summed E-state index contributed by atoms with van der Waals surface area (Å²) in [6.07, 6.45) is 0.630. The van der Waals surface area contributed by atoms with Gasteiger partial charge in [-0.2, -0.15) is 5.26 Å². The topological polar surface area (TPSA) is 96.0 Å². The van der Waals surface area contributed by atoms with Crippen molar-refractivity contribution in [3.8, 4) is 6.07 Å². The SMILES string of the molecule is CCC(CN)NS(=O)(=O)c1ccc(C#N)cc1C. The molecule has 1 unspecified atom stereocenters. The highest BCUT2D eigenvalue weighted by molar-refractivity contribution is 7.89. The van der Waals surface area contributed by atoms with Crippen LogP contribution in [0.5, 0.6) is 0 Å². The second-order valence-electron chi connectivity index (χ2n) is 4.05. The summed E-state index contributed by atoms with van der Waals surface area (Å²) in [5.74, 6) is 0. The van der Waals surface area contributed by atoms with Crippen molar-refractivity contribution < 1.29 is 8.42 Å². The van der Waals surface area contributed by atoms with Crippen molar-refractivity contribution in [2.75, 3.05) is 6.54 Å². The van der Waals surface area contributed by atoms with E-state index in [1.165, 1.54) is 12.1 Å². The number of benzene rings is 1. The lowest BCUT2D eigenvalue weighted by molar-refractivity contribution is 0.542. The third-order valence-corrected chi connectivity index (χ3v) is 4.37. The smallest absolute Gasteiger partial charge is 0.241 e. The molecule has 98 valence electrons. The molecular weight excluding hydrogens is 250 g/mol. The van der Waals surface area contributed by atoms with E-state index in [9.17, 15) is 8.42 Å². The van der Waals surface area contributed by atoms with Crippen molar-refractivity contribution in [3.63, 3.8) is 0 Å². The zero-order valence-electron chi connectivity index (χ0n) is 10.5. The number of nitrogens with zero attached hydrogens (tertiary/aromatic N) is 1. The molecule has 6 heteroatoms. The number of nitrogens with one attached hydrogen (secondary N) is 1. The molecule has 0 heterocycles. The molecule has 18 heavy (non-hydrogen) atoms. The molecule has 0 aliphatic heterocycles. The van der Waals surface area contributed by atoms with Gasteiger partial charge >= 0.3 is 0 Å². The summed E-state index contributed by atoms with van der Waals surface area (Å²) in [4.78, 5) is 0.188. The average Bonchev–Trinajstić information content (AvgIpc) is 2.35. The summed E-state index contributed by atoms with van der Waals surface area (Å²) in [6, 6.07) is 6.19. The zero-order valence-corrected chi connectivity index (χ0v) is 11.3. The van der Waals surface area contributed by atoms with Gasteiger partial charge in [-0.3, -0.25) is 0 Å². The Kier molecular flexibility index (Phi) is 4.84. The quantitative estimate of drug-likeness (QED) is 0.827. The predicted octanol–water partition coefficient (Wildman–Crippen LogP) is 0.882. The molecule has 1 aromatic carbocycles. The molecule has 0 bridgehead atoms. The second kappa shape index (κ2) is 5.96. The highest BCUT2D eigenvalue weighted by Crippen LogP contribution is 2.16. The fourth-order valence-electron chi connectivity index (χ4n) is 1.60. The van der Waals surface area contributed by atoms with E-state index >= 15 is 0 Å². The molecule has 0 aromatic heterocycles. The fourth-order valence-corrected chi connectivity index (χ4v) is 3.16. The van der Waals surface area contributed by atoms with E-state index in [-0.39, 0.29) is 17.5 Å². The minimum absolute atomic E-state index is 0.188. The number of aryl methyl sites for hydroxylation is 1. The molecule has 0 saturated heterocycles. The highest BCUT2D eigenvalue weighted by Gasteiger charge is 2.20.